The minimum atomic E-state index is -0.335. The molecule has 0 saturated heterocycles. The topological polar surface area (TPSA) is 59.1 Å². The number of ether oxygens (including phenoxy) is 2. The Bertz CT molecular complexity index is 1170. The Balaban J connectivity index is 1.52. The Labute approximate surface area is 216 Å². The number of hydrogen-bond donors (Lipinski definition) is 0. The van der Waals surface area contributed by atoms with Crippen LogP contribution in [0.5, 0.6) is 5.75 Å². The average molecular weight is 561 g/mol. The van der Waals surface area contributed by atoms with E-state index in [1.165, 1.54) is 21.9 Å². The number of benzene rings is 2. The molecule has 0 saturated carbocycles. The van der Waals surface area contributed by atoms with Gasteiger partial charge in [0.2, 0.25) is 5.91 Å². The van der Waals surface area contributed by atoms with Crippen LogP contribution < -0.4 is 4.74 Å². The molecule has 1 aliphatic heterocycles. The number of amides is 2. The molecule has 1 aliphatic rings. The molecule has 3 aromatic rings. The monoisotopic (exact) mass is 560 g/mol. The van der Waals surface area contributed by atoms with Crippen LogP contribution in [0.25, 0.3) is 0 Å². The first kappa shape index (κ1) is 25.3. The van der Waals surface area contributed by atoms with Gasteiger partial charge in [-0.05, 0) is 65.9 Å². The van der Waals surface area contributed by atoms with Crippen LogP contribution in [0.15, 0.2) is 64.5 Å². The fourth-order valence-electron chi connectivity index (χ4n) is 4.09. The molecule has 2 heterocycles. The van der Waals surface area contributed by atoms with Crippen molar-refractivity contribution in [3.8, 4) is 5.75 Å². The van der Waals surface area contributed by atoms with Gasteiger partial charge in [0.05, 0.1) is 12.6 Å². The number of carbonyl (C=O) groups excluding carboxylic acids is 2. The average Bonchev–Trinajstić information content (AvgIpc) is 3.34. The van der Waals surface area contributed by atoms with Crippen molar-refractivity contribution < 1.29 is 23.5 Å². The predicted molar refractivity (Wildman–Crippen MR) is 136 cm³/mol. The van der Waals surface area contributed by atoms with Gasteiger partial charge in [-0.2, -0.15) is 0 Å². The van der Waals surface area contributed by atoms with Gasteiger partial charge in [-0.15, -0.1) is 11.3 Å². The van der Waals surface area contributed by atoms with Crippen molar-refractivity contribution in [1.82, 2.24) is 9.80 Å². The molecule has 184 valence electrons. The third kappa shape index (κ3) is 6.28. The van der Waals surface area contributed by atoms with Crippen molar-refractivity contribution >= 4 is 39.1 Å². The van der Waals surface area contributed by atoms with E-state index in [2.05, 4.69) is 15.9 Å². The van der Waals surface area contributed by atoms with Crippen LogP contribution >= 0.6 is 27.3 Å². The number of hydrogen-bond acceptors (Lipinski definition) is 5. The van der Waals surface area contributed by atoms with Crippen LogP contribution in [-0.4, -0.2) is 61.6 Å². The molecule has 2 aromatic carbocycles. The summed E-state index contributed by atoms with van der Waals surface area (Å²) in [6.45, 7) is 1.31. The summed E-state index contributed by atoms with van der Waals surface area (Å²) in [4.78, 5) is 31.3. The minimum Gasteiger partial charge on any atom is -0.491 e. The van der Waals surface area contributed by atoms with E-state index in [4.69, 9.17) is 9.47 Å². The standard InChI is InChI=1S/C26H26BrFN2O4S/c1-33-13-12-29(26(32)18-3-2-4-19(27)15-18)16-25(31)30-11-9-24-22(10-14-35-24)23(30)17-34-21-7-5-20(28)6-8-21/h2-8,10,14-15,23H,9,11-13,16-17H2,1H3/t23-/m1/s1. The van der Waals surface area contributed by atoms with Crippen molar-refractivity contribution in [2.45, 2.75) is 12.5 Å². The maximum Gasteiger partial charge on any atom is 0.254 e. The highest BCUT2D eigenvalue weighted by Crippen LogP contribution is 2.34. The van der Waals surface area contributed by atoms with Gasteiger partial charge in [0.15, 0.2) is 0 Å². The summed E-state index contributed by atoms with van der Waals surface area (Å²) in [7, 11) is 1.56. The lowest BCUT2D eigenvalue weighted by Crippen LogP contribution is -2.48. The maximum absolute atomic E-state index is 13.6. The second-order valence-electron chi connectivity index (χ2n) is 8.15. The summed E-state index contributed by atoms with van der Waals surface area (Å²) in [6, 6.07) is 14.7. The van der Waals surface area contributed by atoms with Crippen molar-refractivity contribution in [2.75, 3.05) is 40.0 Å². The summed E-state index contributed by atoms with van der Waals surface area (Å²) in [5.41, 5.74) is 1.55. The molecule has 0 spiro atoms. The van der Waals surface area contributed by atoms with Gasteiger partial charge in [0.1, 0.15) is 24.7 Å². The molecule has 0 bridgehead atoms. The fraction of sp³-hybridized carbons (Fsp3) is 0.308. The first-order chi connectivity index (χ1) is 17.0. The van der Waals surface area contributed by atoms with Crippen LogP contribution in [0.1, 0.15) is 26.8 Å². The summed E-state index contributed by atoms with van der Waals surface area (Å²) in [5, 5.41) is 2.02. The van der Waals surface area contributed by atoms with Gasteiger partial charge in [-0.3, -0.25) is 9.59 Å². The van der Waals surface area contributed by atoms with Crippen LogP contribution in [-0.2, 0) is 16.0 Å². The van der Waals surface area contributed by atoms with Gasteiger partial charge in [0, 0.05) is 35.1 Å². The van der Waals surface area contributed by atoms with E-state index in [1.54, 1.807) is 53.7 Å². The highest BCUT2D eigenvalue weighted by molar-refractivity contribution is 9.10. The number of halogens is 2. The highest BCUT2D eigenvalue weighted by atomic mass is 79.9. The maximum atomic E-state index is 13.6. The Morgan fingerprint density at radius 1 is 1.20 bits per heavy atom. The molecule has 0 radical (unpaired) electrons. The van der Waals surface area contributed by atoms with E-state index < -0.39 is 0 Å². The zero-order chi connectivity index (χ0) is 24.8. The number of fused-ring (bicyclic) bond motifs is 1. The Morgan fingerprint density at radius 2 is 2.00 bits per heavy atom. The van der Waals surface area contributed by atoms with E-state index in [9.17, 15) is 14.0 Å². The van der Waals surface area contributed by atoms with Crippen molar-refractivity contribution in [2.24, 2.45) is 0 Å². The first-order valence-electron chi connectivity index (χ1n) is 11.2. The lowest BCUT2D eigenvalue weighted by Gasteiger charge is -2.37. The SMILES string of the molecule is COCCN(CC(=O)N1CCc2sccc2[C@H]1COc1ccc(F)cc1)C(=O)c1cccc(Br)c1. The van der Waals surface area contributed by atoms with Gasteiger partial charge in [-0.1, -0.05) is 22.0 Å². The van der Waals surface area contributed by atoms with Crippen LogP contribution in [0, 0.1) is 5.82 Å². The van der Waals surface area contributed by atoms with Crippen molar-refractivity contribution in [3.05, 3.63) is 86.3 Å². The Hall–Kier alpha value is -2.75. The molecule has 6 nitrogen and oxygen atoms in total. The Kier molecular flexibility index (Phi) is 8.54. The van der Waals surface area contributed by atoms with E-state index in [0.29, 0.717) is 31.0 Å². The van der Waals surface area contributed by atoms with Crippen LogP contribution in [0.4, 0.5) is 4.39 Å². The molecule has 0 N–H and O–H groups in total. The van der Waals surface area contributed by atoms with Crippen LogP contribution in [0.2, 0.25) is 0 Å². The molecule has 35 heavy (non-hydrogen) atoms. The van der Waals surface area contributed by atoms with E-state index in [-0.39, 0.29) is 36.8 Å². The summed E-state index contributed by atoms with van der Waals surface area (Å²) in [5.74, 6) is -0.191. The third-order valence-electron chi connectivity index (χ3n) is 5.89. The van der Waals surface area contributed by atoms with Crippen molar-refractivity contribution in [1.29, 1.82) is 0 Å². The smallest absolute Gasteiger partial charge is 0.254 e. The molecule has 0 unspecified atom stereocenters. The van der Waals surface area contributed by atoms with Crippen LogP contribution in [0.3, 0.4) is 0 Å². The Morgan fingerprint density at radius 3 is 2.74 bits per heavy atom. The number of nitrogens with zero attached hydrogens (tertiary/aromatic N) is 2. The van der Waals surface area contributed by atoms with E-state index >= 15 is 0 Å². The van der Waals surface area contributed by atoms with Gasteiger partial charge in [-0.25, -0.2) is 4.39 Å². The predicted octanol–water partition coefficient (Wildman–Crippen LogP) is 4.94. The van der Waals surface area contributed by atoms with E-state index in [0.717, 1.165) is 16.5 Å². The number of methoxy groups -OCH3 is 1. The largest absolute Gasteiger partial charge is 0.491 e. The van der Waals surface area contributed by atoms with Gasteiger partial charge < -0.3 is 19.3 Å². The summed E-state index contributed by atoms with van der Waals surface area (Å²) >= 11 is 5.07. The number of rotatable bonds is 9. The molecular formula is C26H26BrFN2O4S. The lowest BCUT2D eigenvalue weighted by atomic mass is 10.0. The lowest BCUT2D eigenvalue weighted by molar-refractivity contribution is -0.135. The molecule has 1 atom stereocenters. The zero-order valence-electron chi connectivity index (χ0n) is 19.3. The molecule has 4 rings (SSSR count). The third-order valence-corrected chi connectivity index (χ3v) is 7.38. The van der Waals surface area contributed by atoms with Gasteiger partial charge >= 0.3 is 0 Å². The van der Waals surface area contributed by atoms with E-state index in [1.807, 2.05) is 17.5 Å². The summed E-state index contributed by atoms with van der Waals surface area (Å²) in [6.07, 6.45) is 0.753. The second kappa shape index (κ2) is 11.8. The molecule has 9 heteroatoms. The normalized spacial score (nSPS) is 14.9. The second-order valence-corrected chi connectivity index (χ2v) is 10.1. The zero-order valence-corrected chi connectivity index (χ0v) is 21.7. The van der Waals surface area contributed by atoms with Crippen molar-refractivity contribution in [3.63, 3.8) is 0 Å². The molecule has 0 fully saturated rings. The summed E-state index contributed by atoms with van der Waals surface area (Å²) < 4.78 is 25.2. The first-order valence-corrected chi connectivity index (χ1v) is 12.9. The molecular weight excluding hydrogens is 535 g/mol. The highest BCUT2D eigenvalue weighted by Gasteiger charge is 2.33. The quantitative estimate of drug-likeness (QED) is 0.372. The molecule has 2 amide bonds. The molecule has 0 aliphatic carbocycles. The number of thiophene rings is 1. The number of carbonyl (C=O) groups is 2. The fourth-order valence-corrected chi connectivity index (χ4v) is 5.42. The minimum absolute atomic E-state index is 0.0682. The molecule has 1 aromatic heterocycles. The van der Waals surface area contributed by atoms with Gasteiger partial charge in [0.25, 0.3) is 5.91 Å².